The molecule has 2 rings (SSSR count). The van der Waals surface area contributed by atoms with Crippen molar-refractivity contribution in [3.8, 4) is 5.75 Å². The molecule has 1 aromatic rings. The van der Waals surface area contributed by atoms with E-state index in [2.05, 4.69) is 16.0 Å². The lowest BCUT2D eigenvalue weighted by Crippen LogP contribution is -2.18. The second-order valence-corrected chi connectivity index (χ2v) is 4.62. The van der Waals surface area contributed by atoms with Crippen molar-refractivity contribution >= 4 is 11.5 Å². The van der Waals surface area contributed by atoms with Crippen LogP contribution in [0.5, 0.6) is 5.75 Å². The van der Waals surface area contributed by atoms with Crippen molar-refractivity contribution < 1.29 is 4.74 Å². The Bertz CT molecular complexity index is 373. The van der Waals surface area contributed by atoms with Gasteiger partial charge in [-0.1, -0.05) is 0 Å². The zero-order valence-electron chi connectivity index (χ0n) is 10.4. The van der Waals surface area contributed by atoms with Crippen LogP contribution in [-0.4, -0.2) is 39.3 Å². The Labute approximate surface area is 96.8 Å². The highest BCUT2D eigenvalue weighted by Crippen LogP contribution is 2.32. The van der Waals surface area contributed by atoms with Gasteiger partial charge in [0.1, 0.15) is 5.75 Å². The van der Waals surface area contributed by atoms with Crippen LogP contribution in [0, 0.1) is 0 Å². The van der Waals surface area contributed by atoms with Gasteiger partial charge in [-0.15, -0.1) is 0 Å². The van der Waals surface area contributed by atoms with Crippen molar-refractivity contribution in [2.75, 3.05) is 38.0 Å². The van der Waals surface area contributed by atoms with Crippen LogP contribution >= 0.6 is 0 Å². The first-order valence-electron chi connectivity index (χ1n) is 5.59. The van der Waals surface area contributed by atoms with Gasteiger partial charge in [-0.3, -0.25) is 0 Å². The maximum atomic E-state index is 5.74. The van der Waals surface area contributed by atoms with E-state index in [0.717, 1.165) is 17.3 Å². The fraction of sp³-hybridized carbons (Fsp3) is 0.583. The molecule has 4 heteroatoms. The summed E-state index contributed by atoms with van der Waals surface area (Å²) in [6, 6.07) is 2.06. The number of nitrogens with zero attached hydrogens (tertiary/aromatic N) is 3. The number of anilines is 2. The molecule has 0 atom stereocenters. The number of hydrogen-bond acceptors (Lipinski definition) is 4. The van der Waals surface area contributed by atoms with E-state index in [-0.39, 0.29) is 0 Å². The van der Waals surface area contributed by atoms with Crippen molar-refractivity contribution in [3.63, 3.8) is 0 Å². The lowest BCUT2D eigenvalue weighted by molar-refractivity contribution is 0.302. The molecule has 1 heterocycles. The monoisotopic (exact) mass is 221 g/mol. The van der Waals surface area contributed by atoms with E-state index in [1.165, 1.54) is 12.8 Å². The average Bonchev–Trinajstić information content (AvgIpc) is 3.01. The molecule has 1 saturated carbocycles. The van der Waals surface area contributed by atoms with E-state index in [4.69, 9.17) is 4.74 Å². The molecule has 16 heavy (non-hydrogen) atoms. The average molecular weight is 221 g/mol. The largest absolute Gasteiger partial charge is 0.489 e. The molecule has 0 saturated heterocycles. The Kier molecular flexibility index (Phi) is 2.90. The first-order valence-corrected chi connectivity index (χ1v) is 5.59. The summed E-state index contributed by atoms with van der Waals surface area (Å²) < 4.78 is 5.74. The van der Waals surface area contributed by atoms with E-state index in [0.29, 0.717) is 6.10 Å². The van der Waals surface area contributed by atoms with Crippen molar-refractivity contribution in [1.82, 2.24) is 4.98 Å². The molecule has 0 amide bonds. The van der Waals surface area contributed by atoms with Gasteiger partial charge in [-0.25, -0.2) is 4.98 Å². The zero-order valence-corrected chi connectivity index (χ0v) is 10.4. The van der Waals surface area contributed by atoms with Crippen molar-refractivity contribution in [1.29, 1.82) is 0 Å². The van der Waals surface area contributed by atoms with Crippen LogP contribution in [0.25, 0.3) is 0 Å². The third-order valence-corrected chi connectivity index (χ3v) is 2.55. The maximum Gasteiger partial charge on any atom is 0.151 e. The molecule has 88 valence electrons. The van der Waals surface area contributed by atoms with Crippen molar-refractivity contribution in [3.05, 3.63) is 12.3 Å². The standard InChI is InChI=1S/C12H19N3O/c1-14(2)11-7-10(16-9-5-6-9)8-13-12(11)15(3)4/h7-9H,5-6H2,1-4H3. The molecule has 1 aromatic heterocycles. The van der Waals surface area contributed by atoms with E-state index in [1.54, 1.807) is 6.20 Å². The fourth-order valence-electron chi connectivity index (χ4n) is 1.54. The second kappa shape index (κ2) is 4.20. The molecule has 0 bridgehead atoms. The van der Waals surface area contributed by atoms with Crippen LogP contribution in [0.1, 0.15) is 12.8 Å². The summed E-state index contributed by atoms with van der Waals surface area (Å²) in [7, 11) is 8.03. The van der Waals surface area contributed by atoms with Crippen molar-refractivity contribution in [2.45, 2.75) is 18.9 Å². The Morgan fingerprint density at radius 2 is 1.88 bits per heavy atom. The van der Waals surface area contributed by atoms with Gasteiger partial charge in [0.25, 0.3) is 0 Å². The molecular weight excluding hydrogens is 202 g/mol. The van der Waals surface area contributed by atoms with Crippen LogP contribution < -0.4 is 14.5 Å². The molecule has 0 N–H and O–H groups in total. The molecular formula is C12H19N3O. The number of hydrogen-bond donors (Lipinski definition) is 0. The molecule has 0 aliphatic heterocycles. The Hall–Kier alpha value is -1.45. The minimum absolute atomic E-state index is 0.419. The Balaban J connectivity index is 2.26. The van der Waals surface area contributed by atoms with E-state index >= 15 is 0 Å². The highest BCUT2D eigenvalue weighted by Gasteiger charge is 2.24. The molecule has 0 radical (unpaired) electrons. The molecule has 1 fully saturated rings. The van der Waals surface area contributed by atoms with Crippen LogP contribution in [-0.2, 0) is 0 Å². The molecule has 0 aromatic carbocycles. The lowest BCUT2D eigenvalue weighted by Gasteiger charge is -2.22. The van der Waals surface area contributed by atoms with Gasteiger partial charge < -0.3 is 14.5 Å². The summed E-state index contributed by atoms with van der Waals surface area (Å²) in [5.74, 6) is 1.84. The predicted octanol–water partition coefficient (Wildman–Crippen LogP) is 1.75. The maximum absolute atomic E-state index is 5.74. The van der Waals surface area contributed by atoms with Gasteiger partial charge in [0, 0.05) is 34.3 Å². The lowest BCUT2D eigenvalue weighted by atomic mass is 10.3. The van der Waals surface area contributed by atoms with E-state index in [1.807, 2.05) is 33.1 Å². The van der Waals surface area contributed by atoms with Gasteiger partial charge in [0.2, 0.25) is 0 Å². The smallest absolute Gasteiger partial charge is 0.151 e. The number of pyridine rings is 1. The summed E-state index contributed by atoms with van der Waals surface area (Å²) in [6.45, 7) is 0. The van der Waals surface area contributed by atoms with Crippen LogP contribution in [0.4, 0.5) is 11.5 Å². The summed E-state index contributed by atoms with van der Waals surface area (Å²) >= 11 is 0. The predicted molar refractivity (Wildman–Crippen MR) is 66.5 cm³/mol. The van der Waals surface area contributed by atoms with Crippen molar-refractivity contribution in [2.24, 2.45) is 0 Å². The minimum Gasteiger partial charge on any atom is -0.489 e. The number of rotatable bonds is 4. The summed E-state index contributed by atoms with van der Waals surface area (Å²) in [5, 5.41) is 0. The first kappa shape index (κ1) is 11.0. The topological polar surface area (TPSA) is 28.6 Å². The van der Waals surface area contributed by atoms with Gasteiger partial charge in [0.05, 0.1) is 18.0 Å². The number of ether oxygens (including phenoxy) is 1. The Morgan fingerprint density at radius 1 is 1.19 bits per heavy atom. The third-order valence-electron chi connectivity index (χ3n) is 2.55. The summed E-state index contributed by atoms with van der Waals surface area (Å²) in [5.41, 5.74) is 1.09. The van der Waals surface area contributed by atoms with Gasteiger partial charge in [0.15, 0.2) is 5.82 Å². The molecule has 0 unspecified atom stereocenters. The van der Waals surface area contributed by atoms with Gasteiger partial charge in [-0.05, 0) is 12.8 Å². The highest BCUT2D eigenvalue weighted by atomic mass is 16.5. The van der Waals surface area contributed by atoms with Crippen LogP contribution in [0.3, 0.4) is 0 Å². The number of aromatic nitrogens is 1. The second-order valence-electron chi connectivity index (χ2n) is 4.62. The third kappa shape index (κ3) is 2.38. The SMILES string of the molecule is CN(C)c1cc(OC2CC2)cnc1N(C)C. The quantitative estimate of drug-likeness (QED) is 0.774. The minimum atomic E-state index is 0.419. The summed E-state index contributed by atoms with van der Waals surface area (Å²) in [6.07, 6.45) is 4.57. The zero-order chi connectivity index (χ0) is 11.7. The van der Waals surface area contributed by atoms with Crippen LogP contribution in [0.15, 0.2) is 12.3 Å². The molecule has 1 aliphatic rings. The van der Waals surface area contributed by atoms with Crippen LogP contribution in [0.2, 0.25) is 0 Å². The van der Waals surface area contributed by atoms with E-state index in [9.17, 15) is 0 Å². The normalized spacial score (nSPS) is 14.8. The Morgan fingerprint density at radius 3 is 2.38 bits per heavy atom. The first-order chi connectivity index (χ1) is 7.58. The van der Waals surface area contributed by atoms with Gasteiger partial charge in [-0.2, -0.15) is 0 Å². The summed E-state index contributed by atoms with van der Waals surface area (Å²) in [4.78, 5) is 8.51. The fourth-order valence-corrected chi connectivity index (χ4v) is 1.54. The molecule has 0 spiro atoms. The van der Waals surface area contributed by atoms with E-state index < -0.39 is 0 Å². The highest BCUT2D eigenvalue weighted by molar-refractivity contribution is 5.67. The molecule has 4 nitrogen and oxygen atoms in total. The van der Waals surface area contributed by atoms with Gasteiger partial charge >= 0.3 is 0 Å². The molecule has 1 aliphatic carbocycles.